The minimum atomic E-state index is 1.34. The number of rotatable bonds is 1. The van der Waals surface area contributed by atoms with Crippen LogP contribution in [0.2, 0.25) is 0 Å². The summed E-state index contributed by atoms with van der Waals surface area (Å²) in [5.74, 6) is 0. The van der Waals surface area contributed by atoms with Gasteiger partial charge in [-0.25, -0.2) is 0 Å². The van der Waals surface area contributed by atoms with E-state index in [9.17, 15) is 0 Å². The van der Waals surface area contributed by atoms with Crippen LogP contribution in [0.5, 0.6) is 0 Å². The second-order valence-corrected chi connectivity index (χ2v) is 6.37. The molecule has 0 bridgehead atoms. The molecule has 0 nitrogen and oxygen atoms in total. The van der Waals surface area contributed by atoms with Gasteiger partial charge in [-0.05, 0) is 96.7 Å². The van der Waals surface area contributed by atoms with E-state index >= 15 is 0 Å². The number of halogens is 1. The number of hydrogen-bond donors (Lipinski definition) is 0. The monoisotopic (exact) mass is 350 g/mol. The van der Waals surface area contributed by atoms with Crippen molar-refractivity contribution in [3.05, 3.63) is 55.7 Å². The molecule has 2 aromatic rings. The molecule has 0 N–H and O–H groups in total. The van der Waals surface area contributed by atoms with Gasteiger partial charge in [0.25, 0.3) is 0 Å². The normalized spacial score (nSPS) is 10.8. The molecule has 94 valence electrons. The summed E-state index contributed by atoms with van der Waals surface area (Å²) in [5, 5.41) is 0. The van der Waals surface area contributed by atoms with Gasteiger partial charge >= 0.3 is 0 Å². The van der Waals surface area contributed by atoms with Gasteiger partial charge in [0.2, 0.25) is 0 Å². The molecule has 0 aliphatic rings. The topological polar surface area (TPSA) is 0 Å². The van der Waals surface area contributed by atoms with E-state index in [1.54, 1.807) is 0 Å². The molecule has 0 saturated heterocycles. The summed E-state index contributed by atoms with van der Waals surface area (Å²) in [6, 6.07) is 9.09. The first kappa shape index (κ1) is 13.6. The molecule has 0 spiro atoms. The summed E-state index contributed by atoms with van der Waals surface area (Å²) in [7, 11) is 0. The Balaban J connectivity index is 2.78. The zero-order valence-electron chi connectivity index (χ0n) is 11.7. The Morgan fingerprint density at radius 2 is 1.00 bits per heavy atom. The van der Waals surface area contributed by atoms with Gasteiger partial charge in [-0.15, -0.1) is 0 Å². The number of hydrogen-bond acceptors (Lipinski definition) is 0. The first-order chi connectivity index (χ1) is 8.40. The Kier molecular flexibility index (Phi) is 3.81. The highest BCUT2D eigenvalue weighted by Crippen LogP contribution is 2.35. The van der Waals surface area contributed by atoms with Gasteiger partial charge < -0.3 is 0 Å². The van der Waals surface area contributed by atoms with Crippen molar-refractivity contribution in [2.75, 3.05) is 0 Å². The number of aryl methyl sites for hydroxylation is 5. The highest BCUT2D eigenvalue weighted by atomic mass is 127. The third-order valence-electron chi connectivity index (χ3n) is 3.36. The summed E-state index contributed by atoms with van der Waals surface area (Å²) in [5.41, 5.74) is 9.60. The molecule has 0 radical (unpaired) electrons. The molecule has 2 aromatic carbocycles. The maximum atomic E-state index is 2.46. The minimum Gasteiger partial charge on any atom is -0.0557 e. The highest BCUT2D eigenvalue weighted by Gasteiger charge is 2.12. The summed E-state index contributed by atoms with van der Waals surface area (Å²) < 4.78 is 1.35. The Morgan fingerprint density at radius 1 is 0.611 bits per heavy atom. The Hall–Kier alpha value is -0.830. The average Bonchev–Trinajstić information content (AvgIpc) is 2.20. The molecule has 0 unspecified atom stereocenters. The van der Waals surface area contributed by atoms with E-state index in [2.05, 4.69) is 81.5 Å². The molecule has 18 heavy (non-hydrogen) atoms. The van der Waals surface area contributed by atoms with Crippen molar-refractivity contribution in [3.8, 4) is 11.1 Å². The van der Waals surface area contributed by atoms with E-state index in [4.69, 9.17) is 0 Å². The van der Waals surface area contributed by atoms with Crippen LogP contribution in [-0.2, 0) is 0 Å². The van der Waals surface area contributed by atoms with Crippen molar-refractivity contribution >= 4 is 22.6 Å². The molecule has 0 amide bonds. The SMILES string of the molecule is Cc1cc(C)c(-c2c(C)cc(C)cc2I)c(C)c1. The zero-order chi connectivity index (χ0) is 13.4. The largest absolute Gasteiger partial charge is 0.0557 e. The average molecular weight is 350 g/mol. The van der Waals surface area contributed by atoms with E-state index in [-0.39, 0.29) is 0 Å². The standard InChI is InChI=1S/C17H19I/c1-10-6-12(3)16(13(4)7-10)17-14(5)8-11(2)9-15(17)18/h6-9H,1-5H3. The summed E-state index contributed by atoms with van der Waals surface area (Å²) in [4.78, 5) is 0. The van der Waals surface area contributed by atoms with Gasteiger partial charge in [-0.2, -0.15) is 0 Å². The van der Waals surface area contributed by atoms with Crippen LogP contribution in [-0.4, -0.2) is 0 Å². The molecule has 0 atom stereocenters. The van der Waals surface area contributed by atoms with Crippen molar-refractivity contribution in [3.63, 3.8) is 0 Å². The van der Waals surface area contributed by atoms with Crippen molar-refractivity contribution in [2.24, 2.45) is 0 Å². The molecule has 0 aliphatic carbocycles. The second-order valence-electron chi connectivity index (χ2n) is 5.21. The van der Waals surface area contributed by atoms with Gasteiger partial charge in [-0.3, -0.25) is 0 Å². The van der Waals surface area contributed by atoms with Gasteiger partial charge in [0.05, 0.1) is 0 Å². The van der Waals surface area contributed by atoms with Gasteiger partial charge in [0.15, 0.2) is 0 Å². The van der Waals surface area contributed by atoms with Gasteiger partial charge in [-0.1, -0.05) is 23.8 Å². The summed E-state index contributed by atoms with van der Waals surface area (Å²) in [6.07, 6.45) is 0. The molecule has 0 saturated carbocycles. The first-order valence-corrected chi connectivity index (χ1v) is 7.33. The van der Waals surface area contributed by atoms with Crippen LogP contribution < -0.4 is 0 Å². The highest BCUT2D eigenvalue weighted by molar-refractivity contribution is 14.1. The van der Waals surface area contributed by atoms with Crippen LogP contribution in [0.25, 0.3) is 11.1 Å². The summed E-state index contributed by atoms with van der Waals surface area (Å²) in [6.45, 7) is 11.0. The Bertz CT molecular complexity index is 507. The quantitative estimate of drug-likeness (QED) is 0.596. The van der Waals surface area contributed by atoms with Gasteiger partial charge in [0.1, 0.15) is 0 Å². The van der Waals surface area contributed by atoms with E-state index < -0.39 is 0 Å². The maximum absolute atomic E-state index is 2.46. The van der Waals surface area contributed by atoms with Crippen LogP contribution in [0.4, 0.5) is 0 Å². The fourth-order valence-electron chi connectivity index (χ4n) is 2.81. The van der Waals surface area contributed by atoms with Crippen LogP contribution in [0.1, 0.15) is 27.8 Å². The molecule has 0 fully saturated rings. The van der Waals surface area contributed by atoms with Crippen LogP contribution >= 0.6 is 22.6 Å². The zero-order valence-corrected chi connectivity index (χ0v) is 13.8. The van der Waals surface area contributed by atoms with Crippen molar-refractivity contribution < 1.29 is 0 Å². The smallest absolute Gasteiger partial charge is 0.0214 e. The predicted molar refractivity (Wildman–Crippen MR) is 88.3 cm³/mol. The van der Waals surface area contributed by atoms with E-state index in [0.717, 1.165) is 0 Å². The summed E-state index contributed by atoms with van der Waals surface area (Å²) >= 11 is 2.46. The van der Waals surface area contributed by atoms with E-state index in [1.807, 2.05) is 0 Å². The third-order valence-corrected chi connectivity index (χ3v) is 4.21. The molecule has 2 rings (SSSR count). The van der Waals surface area contributed by atoms with E-state index in [1.165, 1.54) is 42.5 Å². The molecule has 0 aliphatic heterocycles. The lowest BCUT2D eigenvalue weighted by atomic mass is 9.90. The number of benzene rings is 2. The lowest BCUT2D eigenvalue weighted by molar-refractivity contribution is 1.29. The lowest BCUT2D eigenvalue weighted by Gasteiger charge is -2.16. The van der Waals surface area contributed by atoms with Crippen molar-refractivity contribution in [1.29, 1.82) is 0 Å². The first-order valence-electron chi connectivity index (χ1n) is 6.25. The Morgan fingerprint density at radius 3 is 1.44 bits per heavy atom. The predicted octanol–water partition coefficient (Wildman–Crippen LogP) is 5.50. The third kappa shape index (κ3) is 2.46. The lowest BCUT2D eigenvalue weighted by Crippen LogP contribution is -1.96. The molecule has 1 heteroatoms. The fourth-order valence-corrected chi connectivity index (χ4v) is 3.99. The van der Waals surface area contributed by atoms with E-state index in [0.29, 0.717) is 0 Å². The molecular weight excluding hydrogens is 331 g/mol. The molecule has 0 aromatic heterocycles. The molecular formula is C17H19I. The molecule has 0 heterocycles. The van der Waals surface area contributed by atoms with Crippen LogP contribution in [0, 0.1) is 38.2 Å². The van der Waals surface area contributed by atoms with Crippen molar-refractivity contribution in [2.45, 2.75) is 34.6 Å². The van der Waals surface area contributed by atoms with Crippen LogP contribution in [0.3, 0.4) is 0 Å². The Labute approximate surface area is 124 Å². The second kappa shape index (κ2) is 5.04. The minimum absolute atomic E-state index is 1.34. The van der Waals surface area contributed by atoms with Crippen LogP contribution in [0.15, 0.2) is 24.3 Å². The van der Waals surface area contributed by atoms with Crippen molar-refractivity contribution in [1.82, 2.24) is 0 Å². The van der Waals surface area contributed by atoms with Gasteiger partial charge in [0, 0.05) is 3.57 Å². The fraction of sp³-hybridized carbons (Fsp3) is 0.294. The maximum Gasteiger partial charge on any atom is 0.0214 e.